The maximum Gasteiger partial charge on any atom is 0.692 e. The van der Waals surface area contributed by atoms with Gasteiger partial charge in [0, 0.05) is 62.8 Å². The Labute approximate surface area is 303 Å². The second kappa shape index (κ2) is 22.0. The summed E-state index contributed by atoms with van der Waals surface area (Å²) in [4.78, 5) is 17.5. The van der Waals surface area contributed by atoms with Crippen molar-refractivity contribution in [3.8, 4) is 0 Å². The Kier molecular flexibility index (Phi) is 19.0. The van der Waals surface area contributed by atoms with Crippen LogP contribution in [0, 0.1) is 19.8 Å². The minimum atomic E-state index is -2.72. The SMILES string of the molecule is CC[C@@H](O)C(O)[C@H](O)C(CO)CN(C)C(=O)CCCCc1cn(CCCCCC\C(=C(C)/C(C)=C\C(C)=N\B(F)F)c2c(C)cc(C)n2C)nn1. The fourth-order valence-electron chi connectivity index (χ4n) is 6.43. The molecular formula is C37H61BF2N6O5. The van der Waals surface area contributed by atoms with Crippen LogP contribution in [-0.4, -0.2) is 102 Å². The van der Waals surface area contributed by atoms with Crippen LogP contribution in [0.15, 0.2) is 34.4 Å². The predicted octanol–water partition coefficient (Wildman–Crippen LogP) is 5.26. The van der Waals surface area contributed by atoms with Crippen LogP contribution >= 0.6 is 0 Å². The third kappa shape index (κ3) is 14.0. The van der Waals surface area contributed by atoms with Crippen LogP contribution in [-0.2, 0) is 24.8 Å². The molecule has 0 aromatic carbocycles. The summed E-state index contributed by atoms with van der Waals surface area (Å²) in [6.07, 6.45) is 7.43. The third-order valence-electron chi connectivity index (χ3n) is 9.76. The number of unbranched alkanes of at least 4 members (excludes halogenated alkanes) is 4. The first-order valence-corrected chi connectivity index (χ1v) is 18.2. The minimum absolute atomic E-state index is 0.0696. The summed E-state index contributed by atoms with van der Waals surface area (Å²) >= 11 is 0. The number of carbonyl (C=O) groups excluding carboxylic acids is 1. The Hall–Kier alpha value is -3.20. The van der Waals surface area contributed by atoms with Crippen LogP contribution in [0.5, 0.6) is 0 Å². The van der Waals surface area contributed by atoms with Crippen molar-refractivity contribution in [2.24, 2.45) is 17.9 Å². The maximum atomic E-state index is 12.8. The number of aromatic nitrogens is 4. The van der Waals surface area contributed by atoms with Crippen molar-refractivity contribution < 1.29 is 33.9 Å². The second-order valence-corrected chi connectivity index (χ2v) is 13.9. The molecule has 4 N–H and O–H groups in total. The number of nitrogens with zero attached hydrogens (tertiary/aromatic N) is 6. The lowest BCUT2D eigenvalue weighted by Gasteiger charge is -2.31. The van der Waals surface area contributed by atoms with Gasteiger partial charge in [-0.1, -0.05) is 25.0 Å². The lowest BCUT2D eigenvalue weighted by molar-refractivity contribution is -0.133. The summed E-state index contributed by atoms with van der Waals surface area (Å²) in [6, 6.07) is 2.18. The van der Waals surface area contributed by atoms with Gasteiger partial charge in [-0.25, -0.2) is 0 Å². The van der Waals surface area contributed by atoms with Gasteiger partial charge < -0.3 is 29.9 Å². The number of carbonyl (C=O) groups is 1. The van der Waals surface area contributed by atoms with Crippen molar-refractivity contribution in [2.45, 2.75) is 131 Å². The molecule has 2 aromatic rings. The number of aryl methyl sites for hydroxylation is 4. The van der Waals surface area contributed by atoms with Gasteiger partial charge >= 0.3 is 7.40 Å². The van der Waals surface area contributed by atoms with Gasteiger partial charge in [0.1, 0.15) is 6.10 Å². The first-order chi connectivity index (χ1) is 24.1. The molecular weight excluding hydrogens is 657 g/mol. The van der Waals surface area contributed by atoms with E-state index in [-0.39, 0.29) is 18.9 Å². The zero-order valence-corrected chi connectivity index (χ0v) is 31.9. The van der Waals surface area contributed by atoms with Crippen LogP contribution in [0.2, 0.25) is 0 Å². The Morgan fingerprint density at radius 3 is 2.31 bits per heavy atom. The van der Waals surface area contributed by atoms with Crippen LogP contribution in [0.1, 0.15) is 108 Å². The zero-order chi connectivity index (χ0) is 38.2. The molecule has 0 spiro atoms. The van der Waals surface area contributed by atoms with Crippen molar-refractivity contribution in [3.63, 3.8) is 0 Å². The number of hydrogen-bond donors (Lipinski definition) is 4. The third-order valence-corrected chi connectivity index (χ3v) is 9.76. The van der Waals surface area contributed by atoms with E-state index in [1.807, 2.05) is 17.8 Å². The molecule has 0 saturated carbocycles. The average Bonchev–Trinajstić information content (AvgIpc) is 3.64. The van der Waals surface area contributed by atoms with Gasteiger partial charge in [0.15, 0.2) is 0 Å². The summed E-state index contributed by atoms with van der Waals surface area (Å²) in [7, 11) is 0.948. The normalized spacial score (nSPS) is 15.4. The van der Waals surface area contributed by atoms with Crippen molar-refractivity contribution in [3.05, 3.63) is 52.1 Å². The van der Waals surface area contributed by atoms with Crippen LogP contribution in [0.25, 0.3) is 5.57 Å². The summed E-state index contributed by atoms with van der Waals surface area (Å²) in [6.45, 7) is 11.9. The van der Waals surface area contributed by atoms with Gasteiger partial charge in [0.25, 0.3) is 0 Å². The van der Waals surface area contributed by atoms with Crippen molar-refractivity contribution in [2.75, 3.05) is 20.2 Å². The molecule has 0 bridgehead atoms. The molecule has 2 rings (SSSR count). The Bertz CT molecular complexity index is 1470. The predicted molar refractivity (Wildman–Crippen MR) is 200 cm³/mol. The summed E-state index contributed by atoms with van der Waals surface area (Å²) < 4.78 is 29.6. The van der Waals surface area contributed by atoms with E-state index < -0.39 is 38.2 Å². The Morgan fingerprint density at radius 1 is 1.04 bits per heavy atom. The summed E-state index contributed by atoms with van der Waals surface area (Å²) in [5, 5.41) is 48.5. The van der Waals surface area contributed by atoms with E-state index in [0.717, 1.165) is 61.9 Å². The van der Waals surface area contributed by atoms with E-state index >= 15 is 0 Å². The van der Waals surface area contributed by atoms with Crippen LogP contribution in [0.3, 0.4) is 0 Å². The van der Waals surface area contributed by atoms with Crippen molar-refractivity contribution >= 4 is 24.6 Å². The number of allylic oxidation sites excluding steroid dienone is 4. The smallest absolute Gasteiger partial charge is 0.396 e. The summed E-state index contributed by atoms with van der Waals surface area (Å²) in [5.41, 5.74) is 7.98. The van der Waals surface area contributed by atoms with E-state index in [4.69, 9.17) is 0 Å². The molecule has 2 heterocycles. The fraction of sp³-hybridized carbons (Fsp3) is 0.676. The topological polar surface area (TPSA) is 149 Å². The van der Waals surface area contributed by atoms with Gasteiger partial charge in [-0.3, -0.25) is 23.0 Å². The Morgan fingerprint density at radius 2 is 1.71 bits per heavy atom. The zero-order valence-electron chi connectivity index (χ0n) is 31.9. The lowest BCUT2D eigenvalue weighted by atomic mass is 9.93. The molecule has 0 aliphatic carbocycles. The van der Waals surface area contributed by atoms with E-state index in [1.165, 1.54) is 27.4 Å². The van der Waals surface area contributed by atoms with E-state index in [0.29, 0.717) is 25.0 Å². The van der Waals surface area contributed by atoms with E-state index in [9.17, 15) is 33.9 Å². The average molecular weight is 719 g/mol. The molecule has 11 nitrogen and oxygen atoms in total. The molecule has 0 aliphatic heterocycles. The fourth-order valence-corrected chi connectivity index (χ4v) is 6.43. The van der Waals surface area contributed by atoms with Gasteiger partial charge in [-0.15, -0.1) is 5.10 Å². The molecule has 0 saturated heterocycles. The van der Waals surface area contributed by atoms with E-state index in [1.54, 1.807) is 27.0 Å². The van der Waals surface area contributed by atoms with Crippen molar-refractivity contribution in [1.82, 2.24) is 24.5 Å². The first kappa shape index (κ1) is 44.0. The highest BCUT2D eigenvalue weighted by molar-refractivity contribution is 6.43. The number of amides is 1. The minimum Gasteiger partial charge on any atom is -0.396 e. The number of rotatable bonds is 23. The molecule has 1 amide bonds. The molecule has 2 unspecified atom stereocenters. The van der Waals surface area contributed by atoms with E-state index in [2.05, 4.69) is 53.7 Å². The maximum absolute atomic E-state index is 12.8. The number of aliphatic hydroxyl groups excluding tert-OH is 4. The Balaban J connectivity index is 1.82. The number of hydrogen-bond acceptors (Lipinski definition) is 8. The molecule has 0 radical (unpaired) electrons. The highest BCUT2D eigenvalue weighted by Gasteiger charge is 2.31. The van der Waals surface area contributed by atoms with Gasteiger partial charge in [0.05, 0.1) is 24.5 Å². The molecule has 4 atom stereocenters. The standard InChI is InChI=1S/C37H61BF2N6O5/c1-9-33(48)37(51)36(50)30(24-47)22-44(7)34(49)18-14-13-16-31-23-46(43-42-31)19-15-11-10-12-17-32(35-26(3)21-28(5)45(35)8)29(6)25(2)20-27(4)41-38(39)40/h20-21,23,30,33,36-37,47-48,50-51H,9-19,22,24H2,1-8H3/b25-20-,32-29+,41-27+/t30?,33-,36-,37?/m1/s1. The summed E-state index contributed by atoms with van der Waals surface area (Å²) in [5.74, 6) is -0.889. The van der Waals surface area contributed by atoms with Gasteiger partial charge in [0.2, 0.25) is 5.91 Å². The number of aliphatic hydroxyl groups is 4. The van der Waals surface area contributed by atoms with Crippen LogP contribution in [0.4, 0.5) is 8.63 Å². The van der Waals surface area contributed by atoms with Crippen molar-refractivity contribution in [1.29, 1.82) is 0 Å². The monoisotopic (exact) mass is 718 g/mol. The quantitative estimate of drug-likeness (QED) is 0.0530. The lowest BCUT2D eigenvalue weighted by Crippen LogP contribution is -2.47. The first-order valence-electron chi connectivity index (χ1n) is 18.2. The molecule has 51 heavy (non-hydrogen) atoms. The second-order valence-electron chi connectivity index (χ2n) is 13.9. The highest BCUT2D eigenvalue weighted by Crippen LogP contribution is 2.32. The molecule has 286 valence electrons. The molecule has 2 aromatic heterocycles. The molecule has 0 fully saturated rings. The highest BCUT2D eigenvalue weighted by atomic mass is 19.2. The number of halogens is 2. The molecule has 14 heteroatoms. The van der Waals surface area contributed by atoms with Gasteiger partial charge in [-0.2, -0.15) is 0 Å². The van der Waals surface area contributed by atoms with Gasteiger partial charge in [-0.05, 0) is 114 Å². The largest absolute Gasteiger partial charge is 0.692 e. The van der Waals surface area contributed by atoms with Crippen LogP contribution < -0.4 is 0 Å². The molecule has 0 aliphatic rings.